The normalized spacial score (nSPS) is 12.0. The second-order valence-electron chi connectivity index (χ2n) is 8.11. The number of sulfonamides is 1. The number of carbonyl (C=O) groups excluding carboxylic acids is 2. The van der Waals surface area contributed by atoms with Crippen LogP contribution in [0.1, 0.15) is 19.4 Å². The molecular formula is C26H26ClF2N3O4S. The Kier molecular flexibility index (Phi) is 9.23. The molecule has 11 heteroatoms. The first-order chi connectivity index (χ1) is 17.6. The zero-order chi connectivity index (χ0) is 27.2. The van der Waals surface area contributed by atoms with Crippen LogP contribution in [0.15, 0.2) is 77.7 Å². The Hall–Kier alpha value is -3.50. The van der Waals surface area contributed by atoms with Crippen molar-refractivity contribution in [2.45, 2.75) is 31.3 Å². The van der Waals surface area contributed by atoms with Crippen LogP contribution in [0.3, 0.4) is 0 Å². The van der Waals surface area contributed by atoms with Crippen molar-refractivity contribution in [3.63, 3.8) is 0 Å². The van der Waals surface area contributed by atoms with E-state index in [0.717, 1.165) is 21.3 Å². The number of benzene rings is 3. The molecule has 0 aromatic heterocycles. The summed E-state index contributed by atoms with van der Waals surface area (Å²) in [6.07, 6.45) is 0. The van der Waals surface area contributed by atoms with Gasteiger partial charge in [0.25, 0.3) is 10.0 Å². The van der Waals surface area contributed by atoms with Crippen molar-refractivity contribution >= 4 is 39.1 Å². The number of hydrogen-bond donors (Lipinski definition) is 1. The average Bonchev–Trinajstić information content (AvgIpc) is 2.88. The fourth-order valence-electron chi connectivity index (χ4n) is 3.60. The van der Waals surface area contributed by atoms with E-state index in [1.54, 1.807) is 19.1 Å². The number of halogens is 3. The van der Waals surface area contributed by atoms with Crippen LogP contribution in [0.25, 0.3) is 0 Å². The summed E-state index contributed by atoms with van der Waals surface area (Å²) in [5, 5.41) is 2.28. The molecule has 0 radical (unpaired) electrons. The summed E-state index contributed by atoms with van der Waals surface area (Å²) >= 11 is 5.92. The van der Waals surface area contributed by atoms with Crippen LogP contribution in [-0.2, 0) is 26.2 Å². The molecule has 1 N–H and O–H groups in total. The molecule has 0 fully saturated rings. The van der Waals surface area contributed by atoms with Gasteiger partial charge >= 0.3 is 0 Å². The highest BCUT2D eigenvalue weighted by molar-refractivity contribution is 7.92. The van der Waals surface area contributed by atoms with E-state index in [0.29, 0.717) is 6.54 Å². The smallest absolute Gasteiger partial charge is 0.264 e. The largest absolute Gasteiger partial charge is 0.355 e. The van der Waals surface area contributed by atoms with Gasteiger partial charge in [-0.15, -0.1) is 0 Å². The predicted octanol–water partition coefficient (Wildman–Crippen LogP) is 4.37. The summed E-state index contributed by atoms with van der Waals surface area (Å²) in [5.74, 6) is -2.61. The highest BCUT2D eigenvalue weighted by Gasteiger charge is 2.33. The van der Waals surface area contributed by atoms with Crippen LogP contribution >= 0.6 is 11.6 Å². The third kappa shape index (κ3) is 6.64. The fraction of sp³-hybridized carbons (Fsp3) is 0.231. The van der Waals surface area contributed by atoms with Gasteiger partial charge in [-0.05, 0) is 50.2 Å². The summed E-state index contributed by atoms with van der Waals surface area (Å²) < 4.78 is 56.3. The van der Waals surface area contributed by atoms with Gasteiger partial charge in [0.05, 0.1) is 15.6 Å². The lowest BCUT2D eigenvalue weighted by Gasteiger charge is -2.32. The Morgan fingerprint density at radius 2 is 1.62 bits per heavy atom. The predicted molar refractivity (Wildman–Crippen MR) is 137 cm³/mol. The van der Waals surface area contributed by atoms with Gasteiger partial charge in [0, 0.05) is 18.7 Å². The quantitative estimate of drug-likeness (QED) is 0.407. The van der Waals surface area contributed by atoms with Crippen molar-refractivity contribution in [2.24, 2.45) is 0 Å². The van der Waals surface area contributed by atoms with E-state index >= 15 is 0 Å². The Labute approximate surface area is 219 Å². The number of anilines is 1. The lowest BCUT2D eigenvalue weighted by Crippen LogP contribution is -2.51. The summed E-state index contributed by atoms with van der Waals surface area (Å²) in [5.41, 5.74) is 0.0920. The van der Waals surface area contributed by atoms with Crippen LogP contribution < -0.4 is 9.62 Å². The van der Waals surface area contributed by atoms with Crippen LogP contribution in [0, 0.1) is 11.6 Å². The Morgan fingerprint density at radius 3 is 2.24 bits per heavy atom. The first kappa shape index (κ1) is 28.1. The molecular weight excluding hydrogens is 524 g/mol. The standard InChI is InChI=1S/C26H26ClF2N3O4S/c1-3-30-26(34)18(2)31(16-19-9-7-8-12-23(19)28)25(33)17-32(20-13-14-24(29)22(27)15-20)37(35,36)21-10-5-4-6-11-21/h4-15,18H,3,16-17H2,1-2H3,(H,30,34). The zero-order valence-corrected chi connectivity index (χ0v) is 21.8. The number of nitrogens with one attached hydrogen (secondary N) is 1. The van der Waals surface area contributed by atoms with Gasteiger partial charge in [0.15, 0.2) is 0 Å². The van der Waals surface area contributed by atoms with E-state index in [-0.39, 0.29) is 27.7 Å². The summed E-state index contributed by atoms with van der Waals surface area (Å²) in [4.78, 5) is 27.3. The maximum atomic E-state index is 14.5. The van der Waals surface area contributed by atoms with Crippen LogP contribution in [-0.4, -0.2) is 44.3 Å². The van der Waals surface area contributed by atoms with E-state index in [1.165, 1.54) is 55.5 Å². The summed E-state index contributed by atoms with van der Waals surface area (Å²) in [7, 11) is -4.32. The van der Waals surface area contributed by atoms with Crippen molar-refractivity contribution < 1.29 is 26.8 Å². The van der Waals surface area contributed by atoms with Gasteiger partial charge in [-0.1, -0.05) is 48.0 Å². The van der Waals surface area contributed by atoms with Gasteiger partial charge in [0.1, 0.15) is 24.2 Å². The molecule has 196 valence electrons. The van der Waals surface area contributed by atoms with Gasteiger partial charge in [-0.3, -0.25) is 13.9 Å². The lowest BCUT2D eigenvalue weighted by molar-refractivity contribution is -0.139. The minimum Gasteiger partial charge on any atom is -0.355 e. The Balaban J connectivity index is 2.05. The Morgan fingerprint density at radius 1 is 0.973 bits per heavy atom. The highest BCUT2D eigenvalue weighted by Crippen LogP contribution is 2.28. The molecule has 0 saturated heterocycles. The molecule has 3 rings (SSSR count). The van der Waals surface area contributed by atoms with E-state index in [4.69, 9.17) is 11.6 Å². The van der Waals surface area contributed by atoms with Crippen molar-refractivity contribution in [1.82, 2.24) is 10.2 Å². The van der Waals surface area contributed by atoms with Gasteiger partial charge in [-0.25, -0.2) is 17.2 Å². The molecule has 1 unspecified atom stereocenters. The second-order valence-corrected chi connectivity index (χ2v) is 10.4. The molecule has 0 saturated carbocycles. The minimum absolute atomic E-state index is 0.0555. The fourth-order valence-corrected chi connectivity index (χ4v) is 5.21. The number of rotatable bonds is 10. The SMILES string of the molecule is CCNC(=O)C(C)N(Cc1ccccc1F)C(=O)CN(c1ccc(F)c(Cl)c1)S(=O)(=O)c1ccccc1. The molecule has 0 aliphatic heterocycles. The van der Waals surface area contributed by atoms with E-state index in [2.05, 4.69) is 5.32 Å². The highest BCUT2D eigenvalue weighted by atomic mass is 35.5. The average molecular weight is 550 g/mol. The number of likely N-dealkylation sites (N-methyl/N-ethyl adjacent to an activating group) is 1. The number of nitrogens with zero attached hydrogens (tertiary/aromatic N) is 2. The van der Waals surface area contributed by atoms with E-state index in [9.17, 15) is 26.8 Å². The number of hydrogen-bond acceptors (Lipinski definition) is 4. The Bertz CT molecular complexity index is 1370. The molecule has 0 spiro atoms. The molecule has 0 aliphatic rings. The van der Waals surface area contributed by atoms with Gasteiger partial charge in [0.2, 0.25) is 11.8 Å². The van der Waals surface area contributed by atoms with Crippen molar-refractivity contribution in [1.29, 1.82) is 0 Å². The molecule has 3 aromatic rings. The van der Waals surface area contributed by atoms with Crippen molar-refractivity contribution in [2.75, 3.05) is 17.4 Å². The van der Waals surface area contributed by atoms with Gasteiger partial charge < -0.3 is 10.2 Å². The first-order valence-electron chi connectivity index (χ1n) is 11.4. The maximum absolute atomic E-state index is 14.5. The third-order valence-corrected chi connectivity index (χ3v) is 7.70. The third-order valence-electron chi connectivity index (χ3n) is 5.62. The zero-order valence-electron chi connectivity index (χ0n) is 20.2. The maximum Gasteiger partial charge on any atom is 0.264 e. The molecule has 0 bridgehead atoms. The molecule has 3 aromatic carbocycles. The summed E-state index contributed by atoms with van der Waals surface area (Å²) in [6.45, 7) is 2.44. The number of carbonyl (C=O) groups is 2. The monoisotopic (exact) mass is 549 g/mol. The lowest BCUT2D eigenvalue weighted by atomic mass is 10.1. The molecule has 1 atom stereocenters. The number of amides is 2. The molecule has 37 heavy (non-hydrogen) atoms. The first-order valence-corrected chi connectivity index (χ1v) is 13.2. The van der Waals surface area contributed by atoms with Crippen LogP contribution in [0.2, 0.25) is 5.02 Å². The van der Waals surface area contributed by atoms with Crippen molar-refractivity contribution in [3.05, 3.63) is 95.0 Å². The second kappa shape index (κ2) is 12.2. The molecule has 0 aliphatic carbocycles. The van der Waals surface area contributed by atoms with Crippen LogP contribution in [0.5, 0.6) is 0 Å². The summed E-state index contributed by atoms with van der Waals surface area (Å²) in [6, 6.07) is 15.4. The molecule has 0 heterocycles. The topological polar surface area (TPSA) is 86.8 Å². The van der Waals surface area contributed by atoms with Crippen LogP contribution in [0.4, 0.5) is 14.5 Å². The van der Waals surface area contributed by atoms with E-state index < -0.39 is 46.1 Å². The molecule has 7 nitrogen and oxygen atoms in total. The minimum atomic E-state index is -4.32. The van der Waals surface area contributed by atoms with E-state index in [1.807, 2.05) is 0 Å². The van der Waals surface area contributed by atoms with Crippen molar-refractivity contribution in [3.8, 4) is 0 Å². The molecule has 2 amide bonds. The van der Waals surface area contributed by atoms with Gasteiger partial charge in [-0.2, -0.15) is 0 Å².